The zero-order chi connectivity index (χ0) is 31.9. The second kappa shape index (κ2) is 15.0. The van der Waals surface area contributed by atoms with Crippen molar-refractivity contribution in [2.75, 3.05) is 0 Å². The molecule has 0 spiro atoms. The van der Waals surface area contributed by atoms with Crippen LogP contribution in [0.5, 0.6) is 0 Å². The third-order valence-corrected chi connectivity index (χ3v) is 8.78. The molecule has 45 heavy (non-hydrogen) atoms. The van der Waals surface area contributed by atoms with Crippen LogP contribution < -0.4 is 5.32 Å². The predicted octanol–water partition coefficient (Wildman–Crippen LogP) is 6.71. The van der Waals surface area contributed by atoms with Crippen LogP contribution in [0, 0.1) is 5.92 Å². The van der Waals surface area contributed by atoms with Gasteiger partial charge in [-0.15, -0.1) is 0 Å². The van der Waals surface area contributed by atoms with Gasteiger partial charge in [-0.1, -0.05) is 103 Å². The van der Waals surface area contributed by atoms with E-state index in [1.54, 1.807) is 10.9 Å². The highest BCUT2D eigenvalue weighted by Crippen LogP contribution is 2.42. The number of hydrogen-bond donors (Lipinski definition) is 3. The molecule has 4 atom stereocenters. The number of hydrogen-bond acceptors (Lipinski definition) is 6. The second-order valence-corrected chi connectivity index (χ2v) is 11.8. The summed E-state index contributed by atoms with van der Waals surface area (Å²) in [7, 11) is 0. The number of ether oxygens (including phenoxy) is 2. The third kappa shape index (κ3) is 8.11. The van der Waals surface area contributed by atoms with E-state index in [0.717, 1.165) is 33.4 Å². The van der Waals surface area contributed by atoms with Crippen LogP contribution in [0.3, 0.4) is 0 Å². The van der Waals surface area contributed by atoms with Crippen molar-refractivity contribution in [3.63, 3.8) is 0 Å². The van der Waals surface area contributed by atoms with Crippen molar-refractivity contribution in [2.45, 2.75) is 64.4 Å². The fourth-order valence-electron chi connectivity index (χ4n) is 5.45. The number of carbonyl (C=O) groups is 2. The van der Waals surface area contributed by atoms with E-state index in [2.05, 4.69) is 17.2 Å². The van der Waals surface area contributed by atoms with Crippen LogP contribution in [0.4, 0.5) is 0 Å². The van der Waals surface area contributed by atoms with Gasteiger partial charge in [0, 0.05) is 30.9 Å². The molecule has 0 saturated carbocycles. The van der Waals surface area contributed by atoms with E-state index < -0.39 is 12.3 Å². The molecule has 1 amide bonds. The van der Waals surface area contributed by atoms with Crippen LogP contribution in [-0.4, -0.2) is 37.7 Å². The Kier molecular flexibility index (Phi) is 10.9. The van der Waals surface area contributed by atoms with Crippen LogP contribution in [0.25, 0.3) is 11.1 Å². The van der Waals surface area contributed by atoms with E-state index in [1.165, 1.54) is 0 Å². The lowest BCUT2D eigenvalue weighted by atomic mass is 9.90. The summed E-state index contributed by atoms with van der Waals surface area (Å²) in [6.07, 6.45) is 0.783. The van der Waals surface area contributed by atoms with Crippen LogP contribution >= 0.6 is 23.2 Å². The molecule has 236 valence electrons. The number of aliphatic hydroxyl groups excluding tert-OH is 1. The highest BCUT2D eigenvalue weighted by molar-refractivity contribution is 6.40. The smallest absolute Gasteiger partial charge is 0.303 e. The molecule has 2 heterocycles. The number of amides is 1. The number of aromatic nitrogens is 2. The number of rotatable bonds is 12. The summed E-state index contributed by atoms with van der Waals surface area (Å²) < 4.78 is 14.9. The van der Waals surface area contributed by atoms with Crippen molar-refractivity contribution in [2.24, 2.45) is 5.92 Å². The average Bonchev–Trinajstić information content (AvgIpc) is 3.37. The molecule has 3 aromatic carbocycles. The molecule has 3 N–H and O–H groups in total. The second-order valence-electron chi connectivity index (χ2n) is 11.1. The molecule has 0 aliphatic carbocycles. The maximum Gasteiger partial charge on any atom is 0.303 e. The van der Waals surface area contributed by atoms with Gasteiger partial charge in [0.15, 0.2) is 11.4 Å². The fraction of sp³-hybridized carbons (Fsp3) is 0.324. The molecule has 1 aromatic heterocycles. The predicted molar refractivity (Wildman–Crippen MR) is 170 cm³/mol. The van der Waals surface area contributed by atoms with E-state index in [9.17, 15) is 14.7 Å². The standard InChI is InChI=1S/C34H35Cl2N3O6/c1-21-28(18-39-20-38-32(35)33(39)36)44-34(45-31(21)24-11-9-22(19-40)10-12-24)25-15-13-23(14-16-25)27-6-3-2-5-26(27)17-37-29(41)7-4-8-30(42)43/h2-3,5-6,9-16,20-21,28,31,34,40H,4,7-8,17-19H2,1H3,(H,37,41)(H,42,43)/t21-,28+,31+,34+/m1/s1. The summed E-state index contributed by atoms with van der Waals surface area (Å²) in [6.45, 7) is 2.79. The lowest BCUT2D eigenvalue weighted by Crippen LogP contribution is -2.39. The van der Waals surface area contributed by atoms with Gasteiger partial charge in [-0.2, -0.15) is 0 Å². The van der Waals surface area contributed by atoms with E-state index in [1.807, 2.05) is 72.8 Å². The summed E-state index contributed by atoms with van der Waals surface area (Å²) in [5.41, 5.74) is 5.51. The highest BCUT2D eigenvalue weighted by atomic mass is 35.5. The van der Waals surface area contributed by atoms with E-state index in [0.29, 0.717) is 24.7 Å². The maximum absolute atomic E-state index is 12.2. The zero-order valence-corrected chi connectivity index (χ0v) is 26.2. The topological polar surface area (TPSA) is 123 Å². The Morgan fingerprint density at radius 1 is 0.956 bits per heavy atom. The minimum Gasteiger partial charge on any atom is -0.481 e. The number of aliphatic carboxylic acids is 1. The number of benzene rings is 3. The first-order chi connectivity index (χ1) is 21.7. The Labute approximate surface area is 271 Å². The molecular weight excluding hydrogens is 617 g/mol. The van der Waals surface area contributed by atoms with Gasteiger partial charge >= 0.3 is 5.97 Å². The first-order valence-electron chi connectivity index (χ1n) is 14.8. The molecule has 11 heteroatoms. The Balaban J connectivity index is 1.35. The maximum atomic E-state index is 12.2. The van der Waals surface area contributed by atoms with Gasteiger partial charge in [0.2, 0.25) is 5.91 Å². The molecule has 1 saturated heterocycles. The first-order valence-corrected chi connectivity index (χ1v) is 15.5. The molecule has 0 unspecified atom stereocenters. The Morgan fingerprint density at radius 2 is 1.67 bits per heavy atom. The van der Waals surface area contributed by atoms with Crippen molar-refractivity contribution in [3.8, 4) is 11.1 Å². The number of nitrogens with one attached hydrogen (secondary N) is 1. The van der Waals surface area contributed by atoms with Gasteiger partial charge in [-0.25, -0.2) is 4.98 Å². The Morgan fingerprint density at radius 3 is 2.33 bits per heavy atom. The van der Waals surface area contributed by atoms with E-state index >= 15 is 0 Å². The van der Waals surface area contributed by atoms with Crippen LogP contribution in [0.1, 0.15) is 60.8 Å². The number of carboxylic acids is 1. The number of aliphatic hydroxyl groups is 1. The lowest BCUT2D eigenvalue weighted by Gasteiger charge is -2.41. The highest BCUT2D eigenvalue weighted by Gasteiger charge is 2.39. The number of carboxylic acid groups (broad SMARTS) is 1. The summed E-state index contributed by atoms with van der Waals surface area (Å²) in [5, 5.41) is 21.8. The largest absolute Gasteiger partial charge is 0.481 e. The van der Waals surface area contributed by atoms with Crippen LogP contribution in [0.2, 0.25) is 10.3 Å². The Bertz CT molecular complexity index is 1610. The van der Waals surface area contributed by atoms with Gasteiger partial charge < -0.3 is 29.6 Å². The molecule has 9 nitrogen and oxygen atoms in total. The SMILES string of the molecule is C[C@@H]1[C@H](Cn2cnc(Cl)c2Cl)O[C@H](c2ccc(-c3ccccc3CNC(=O)CCCC(=O)O)cc2)O[C@@H]1c1ccc(CO)cc1. The summed E-state index contributed by atoms with van der Waals surface area (Å²) in [4.78, 5) is 27.1. The quantitative estimate of drug-likeness (QED) is 0.156. The zero-order valence-electron chi connectivity index (χ0n) is 24.7. The Hall–Kier alpha value is -3.73. The van der Waals surface area contributed by atoms with Crippen molar-refractivity contribution in [1.29, 1.82) is 0 Å². The monoisotopic (exact) mass is 651 g/mol. The minimum absolute atomic E-state index is 0.0349. The van der Waals surface area contributed by atoms with Gasteiger partial charge in [0.25, 0.3) is 0 Å². The molecular formula is C34H35Cl2N3O6. The normalized spacial score (nSPS) is 19.7. The lowest BCUT2D eigenvalue weighted by molar-refractivity contribution is -0.276. The molecule has 0 bridgehead atoms. The van der Waals surface area contributed by atoms with Crippen molar-refractivity contribution < 1.29 is 29.3 Å². The van der Waals surface area contributed by atoms with Crippen LogP contribution in [0.15, 0.2) is 79.1 Å². The van der Waals surface area contributed by atoms with Crippen LogP contribution in [-0.2, 0) is 38.8 Å². The number of imidazole rings is 1. The van der Waals surface area contributed by atoms with E-state index in [4.69, 9.17) is 37.8 Å². The molecule has 4 aromatic rings. The molecule has 0 radical (unpaired) electrons. The minimum atomic E-state index is -0.912. The molecule has 5 rings (SSSR count). The molecule has 1 aliphatic rings. The fourth-order valence-corrected chi connectivity index (χ4v) is 5.76. The number of halogens is 2. The number of carbonyl (C=O) groups excluding carboxylic acids is 1. The first kappa shape index (κ1) is 32.7. The molecule has 1 fully saturated rings. The van der Waals surface area contributed by atoms with Crippen molar-refractivity contribution in [3.05, 3.63) is 112 Å². The van der Waals surface area contributed by atoms with Gasteiger partial charge in [-0.05, 0) is 34.2 Å². The third-order valence-electron chi connectivity index (χ3n) is 8.01. The van der Waals surface area contributed by atoms with Crippen molar-refractivity contribution in [1.82, 2.24) is 14.9 Å². The number of nitrogens with zero attached hydrogens (tertiary/aromatic N) is 2. The summed E-state index contributed by atoms with van der Waals surface area (Å²) >= 11 is 12.5. The van der Waals surface area contributed by atoms with Gasteiger partial charge in [0.05, 0.1) is 31.7 Å². The van der Waals surface area contributed by atoms with Crippen molar-refractivity contribution >= 4 is 35.1 Å². The molecule has 1 aliphatic heterocycles. The average molecular weight is 653 g/mol. The van der Waals surface area contributed by atoms with Gasteiger partial charge in [0.1, 0.15) is 5.15 Å². The van der Waals surface area contributed by atoms with E-state index in [-0.39, 0.29) is 48.6 Å². The van der Waals surface area contributed by atoms with Gasteiger partial charge in [-0.3, -0.25) is 9.59 Å². The summed E-state index contributed by atoms with van der Waals surface area (Å²) in [5.74, 6) is -1.15. The summed E-state index contributed by atoms with van der Waals surface area (Å²) in [6, 6.07) is 23.5.